The van der Waals surface area contributed by atoms with Crippen LogP contribution >= 0.6 is 0 Å². The fraction of sp³-hybridized carbons (Fsp3) is 0.400. The van der Waals surface area contributed by atoms with Crippen molar-refractivity contribution < 1.29 is 23.8 Å². The van der Waals surface area contributed by atoms with Crippen LogP contribution in [0.15, 0.2) is 43.0 Å². The van der Waals surface area contributed by atoms with E-state index in [1.165, 1.54) is 19.3 Å². The van der Waals surface area contributed by atoms with Gasteiger partial charge in [-0.3, -0.25) is 0 Å². The monoisotopic (exact) mass is 346 g/mol. The van der Waals surface area contributed by atoms with E-state index in [2.05, 4.69) is 18.2 Å². The smallest absolute Gasteiger partial charge is 0.330 e. The van der Waals surface area contributed by atoms with E-state index in [0.29, 0.717) is 19.1 Å². The molecular weight excluding hydrogens is 320 g/mol. The molecule has 1 aromatic carbocycles. The fourth-order valence-corrected chi connectivity index (χ4v) is 2.09. The molecule has 1 aromatic rings. The quantitative estimate of drug-likeness (QED) is 0.347. The van der Waals surface area contributed by atoms with Crippen molar-refractivity contribution >= 4 is 18.0 Å². The number of carbonyl (C=O) groups excluding carboxylic acids is 2. The van der Waals surface area contributed by atoms with Gasteiger partial charge in [0.25, 0.3) is 0 Å². The van der Waals surface area contributed by atoms with Crippen LogP contribution in [-0.4, -0.2) is 32.3 Å². The highest BCUT2D eigenvalue weighted by molar-refractivity contribution is 5.86. The zero-order chi connectivity index (χ0) is 18.5. The average Bonchev–Trinajstić information content (AvgIpc) is 2.64. The summed E-state index contributed by atoms with van der Waals surface area (Å²) in [7, 11) is 1.35. The summed E-state index contributed by atoms with van der Waals surface area (Å²) >= 11 is 0. The average molecular weight is 346 g/mol. The Labute approximate surface area is 149 Å². The van der Waals surface area contributed by atoms with E-state index >= 15 is 0 Å². The van der Waals surface area contributed by atoms with E-state index in [4.69, 9.17) is 9.47 Å². The molecule has 0 fully saturated rings. The normalized spacial score (nSPS) is 11.8. The molecule has 0 saturated carbocycles. The number of rotatable bonds is 11. The van der Waals surface area contributed by atoms with Crippen LogP contribution in [0.3, 0.4) is 0 Å². The largest absolute Gasteiger partial charge is 0.494 e. The standard InChI is InChI=1S/C20H26O5/c1-4-19(21)25-14-5-6-16(2)13-15-24-18-10-7-17(8-11-18)9-12-20(22)23-3/h4,7-12,16H,1,5-6,13-15H2,2-3H3/t16-/m1/s1. The minimum Gasteiger partial charge on any atom is -0.494 e. The summed E-state index contributed by atoms with van der Waals surface area (Å²) in [5.74, 6) is 0.529. The van der Waals surface area contributed by atoms with Crippen LogP contribution in [-0.2, 0) is 19.1 Å². The van der Waals surface area contributed by atoms with Crippen molar-refractivity contribution in [3.8, 4) is 5.75 Å². The summed E-state index contributed by atoms with van der Waals surface area (Å²) in [6.45, 7) is 6.56. The molecule has 5 nitrogen and oxygen atoms in total. The third-order valence-electron chi connectivity index (χ3n) is 3.62. The number of carbonyl (C=O) groups is 2. The minimum absolute atomic E-state index is 0.374. The Balaban J connectivity index is 2.22. The second kappa shape index (κ2) is 11.9. The topological polar surface area (TPSA) is 61.8 Å². The highest BCUT2D eigenvalue weighted by atomic mass is 16.5. The van der Waals surface area contributed by atoms with E-state index in [1.807, 2.05) is 24.3 Å². The molecule has 1 rings (SSSR count). The van der Waals surface area contributed by atoms with Gasteiger partial charge in [0.15, 0.2) is 0 Å². The summed E-state index contributed by atoms with van der Waals surface area (Å²) in [6.07, 6.45) is 6.99. The van der Waals surface area contributed by atoms with Crippen LogP contribution in [0.4, 0.5) is 0 Å². The molecule has 0 heterocycles. The van der Waals surface area contributed by atoms with Gasteiger partial charge in [-0.1, -0.05) is 25.6 Å². The van der Waals surface area contributed by atoms with E-state index in [-0.39, 0.29) is 11.9 Å². The molecule has 0 N–H and O–H groups in total. The van der Waals surface area contributed by atoms with Crippen LogP contribution in [0, 0.1) is 5.92 Å². The van der Waals surface area contributed by atoms with E-state index in [1.54, 1.807) is 6.08 Å². The summed E-state index contributed by atoms with van der Waals surface area (Å²) < 4.78 is 15.2. The Morgan fingerprint density at radius 2 is 1.84 bits per heavy atom. The molecular formula is C20H26O5. The third kappa shape index (κ3) is 9.35. The molecule has 25 heavy (non-hydrogen) atoms. The van der Waals surface area contributed by atoms with E-state index in [9.17, 15) is 9.59 Å². The van der Waals surface area contributed by atoms with Gasteiger partial charge in [-0.15, -0.1) is 0 Å². The lowest BCUT2D eigenvalue weighted by Crippen LogP contribution is -2.07. The molecule has 5 heteroatoms. The highest BCUT2D eigenvalue weighted by Gasteiger charge is 2.04. The first-order chi connectivity index (χ1) is 12.0. The van der Waals surface area contributed by atoms with E-state index in [0.717, 1.165) is 30.6 Å². The number of ether oxygens (including phenoxy) is 3. The van der Waals surface area contributed by atoms with Gasteiger partial charge in [0.2, 0.25) is 0 Å². The molecule has 0 aliphatic rings. The van der Waals surface area contributed by atoms with Gasteiger partial charge in [0, 0.05) is 12.2 Å². The maximum atomic E-state index is 11.0. The molecule has 1 atom stereocenters. The predicted molar refractivity (Wildman–Crippen MR) is 97.2 cm³/mol. The maximum Gasteiger partial charge on any atom is 0.330 e. The van der Waals surface area contributed by atoms with E-state index < -0.39 is 0 Å². The molecule has 0 bridgehead atoms. The first-order valence-electron chi connectivity index (χ1n) is 8.33. The molecule has 0 radical (unpaired) electrons. The van der Waals surface area contributed by atoms with Crippen LogP contribution in [0.25, 0.3) is 6.08 Å². The lowest BCUT2D eigenvalue weighted by atomic mass is 10.0. The SMILES string of the molecule is C=CC(=O)OCCC[C@@H](C)CCOc1ccc(C=CC(=O)OC)cc1. The van der Waals surface area contributed by atoms with Crippen molar-refractivity contribution in [3.05, 3.63) is 48.6 Å². The fourth-order valence-electron chi connectivity index (χ4n) is 2.09. The minimum atomic E-state index is -0.381. The lowest BCUT2D eigenvalue weighted by molar-refractivity contribution is -0.138. The van der Waals surface area contributed by atoms with Gasteiger partial charge in [-0.25, -0.2) is 9.59 Å². The predicted octanol–water partition coefficient (Wildman–Crippen LogP) is 3.79. The van der Waals surface area contributed by atoms with Crippen molar-refractivity contribution in [1.82, 2.24) is 0 Å². The Morgan fingerprint density at radius 3 is 2.48 bits per heavy atom. The zero-order valence-corrected chi connectivity index (χ0v) is 14.9. The summed E-state index contributed by atoms with van der Waals surface area (Å²) in [4.78, 5) is 21.9. The van der Waals surface area contributed by atoms with Crippen molar-refractivity contribution in [2.45, 2.75) is 26.2 Å². The van der Waals surface area contributed by atoms with Gasteiger partial charge >= 0.3 is 11.9 Å². The molecule has 0 spiro atoms. The van der Waals surface area contributed by atoms with Gasteiger partial charge < -0.3 is 14.2 Å². The maximum absolute atomic E-state index is 11.0. The molecule has 0 aromatic heterocycles. The summed E-state index contributed by atoms with van der Waals surface area (Å²) in [6, 6.07) is 7.50. The van der Waals surface area contributed by atoms with Crippen molar-refractivity contribution in [1.29, 1.82) is 0 Å². The van der Waals surface area contributed by atoms with Crippen LogP contribution in [0.5, 0.6) is 5.75 Å². The van der Waals surface area contributed by atoms with Crippen LogP contribution < -0.4 is 4.74 Å². The molecule has 136 valence electrons. The van der Waals surface area contributed by atoms with Crippen molar-refractivity contribution in [3.63, 3.8) is 0 Å². The number of benzene rings is 1. The molecule has 0 aliphatic heterocycles. The second-order valence-electron chi connectivity index (χ2n) is 5.68. The van der Waals surface area contributed by atoms with Crippen LogP contribution in [0.1, 0.15) is 31.7 Å². The van der Waals surface area contributed by atoms with Gasteiger partial charge in [0.1, 0.15) is 5.75 Å². The number of methoxy groups -OCH3 is 1. The Kier molecular flexibility index (Phi) is 9.75. The van der Waals surface area contributed by atoms with Gasteiger partial charge in [-0.05, 0) is 49.0 Å². The molecule has 0 aliphatic carbocycles. The molecule has 0 saturated heterocycles. The number of hydrogen-bond donors (Lipinski definition) is 0. The molecule has 0 amide bonds. The Hall–Kier alpha value is -2.56. The highest BCUT2D eigenvalue weighted by Crippen LogP contribution is 2.16. The van der Waals surface area contributed by atoms with Gasteiger partial charge in [-0.2, -0.15) is 0 Å². The third-order valence-corrected chi connectivity index (χ3v) is 3.62. The second-order valence-corrected chi connectivity index (χ2v) is 5.68. The lowest BCUT2D eigenvalue weighted by Gasteiger charge is -2.12. The Morgan fingerprint density at radius 1 is 1.12 bits per heavy atom. The Bertz CT molecular complexity index is 574. The van der Waals surface area contributed by atoms with Crippen LogP contribution in [0.2, 0.25) is 0 Å². The summed E-state index contributed by atoms with van der Waals surface area (Å²) in [5.41, 5.74) is 0.903. The van der Waals surface area contributed by atoms with Crippen molar-refractivity contribution in [2.24, 2.45) is 5.92 Å². The summed E-state index contributed by atoms with van der Waals surface area (Å²) in [5, 5.41) is 0. The zero-order valence-electron chi connectivity index (χ0n) is 14.9. The van der Waals surface area contributed by atoms with Crippen molar-refractivity contribution in [2.75, 3.05) is 20.3 Å². The molecule has 0 unspecified atom stereocenters. The first-order valence-corrected chi connectivity index (χ1v) is 8.33. The first kappa shape index (κ1) is 20.5. The van der Waals surface area contributed by atoms with Gasteiger partial charge in [0.05, 0.1) is 20.3 Å². The number of hydrogen-bond acceptors (Lipinski definition) is 5. The number of esters is 2.